The number of nitrogens with one attached hydrogen (secondary N) is 2. The number of hydrogen-bond donors (Lipinski definition) is 2. The van der Waals surface area contributed by atoms with E-state index in [9.17, 15) is 4.79 Å². The second-order valence-electron chi connectivity index (χ2n) is 8.06. The summed E-state index contributed by atoms with van der Waals surface area (Å²) in [6, 6.07) is 22.1. The van der Waals surface area contributed by atoms with E-state index in [-0.39, 0.29) is 11.8 Å². The first-order chi connectivity index (χ1) is 16.1. The molecule has 33 heavy (non-hydrogen) atoms. The van der Waals surface area contributed by atoms with Gasteiger partial charge in [-0.05, 0) is 29.2 Å². The van der Waals surface area contributed by atoms with E-state index in [1.807, 2.05) is 54.7 Å². The van der Waals surface area contributed by atoms with Gasteiger partial charge in [-0.1, -0.05) is 61.5 Å². The molecule has 0 radical (unpaired) electrons. The number of rotatable bonds is 9. The molecule has 4 aromatic rings. The summed E-state index contributed by atoms with van der Waals surface area (Å²) in [5.74, 6) is 1.23. The van der Waals surface area contributed by atoms with Gasteiger partial charge in [0.25, 0.3) is 0 Å². The first kappa shape index (κ1) is 22.5. The number of H-pyrrole nitrogens is 1. The number of ether oxygens (including phenoxy) is 2. The smallest absolute Gasteiger partial charge is 0.221 e. The van der Waals surface area contributed by atoms with Crippen molar-refractivity contribution in [2.75, 3.05) is 14.2 Å². The van der Waals surface area contributed by atoms with Gasteiger partial charge >= 0.3 is 0 Å². The molecule has 0 fully saturated rings. The summed E-state index contributed by atoms with van der Waals surface area (Å²) in [6.45, 7) is 2.65. The lowest BCUT2D eigenvalue weighted by Gasteiger charge is -2.20. The van der Waals surface area contributed by atoms with Crippen molar-refractivity contribution in [3.05, 3.63) is 95.2 Å². The van der Waals surface area contributed by atoms with Crippen molar-refractivity contribution < 1.29 is 14.3 Å². The maximum atomic E-state index is 13.1. The highest BCUT2D eigenvalue weighted by atomic mass is 16.5. The second kappa shape index (κ2) is 10.3. The van der Waals surface area contributed by atoms with Crippen LogP contribution in [-0.2, 0) is 17.8 Å². The standard InChI is InChI=1S/C28H30N2O3/c1-4-20-11-8-12-23-25(18-30-28(20)23)24(22-14-13-21(32-2)15-26(22)33-3)16-27(31)29-17-19-9-6-5-7-10-19/h5-15,18,24,30H,4,16-17H2,1-3H3,(H,29,31). The lowest BCUT2D eigenvalue weighted by molar-refractivity contribution is -0.121. The lowest BCUT2D eigenvalue weighted by Crippen LogP contribution is -2.25. The van der Waals surface area contributed by atoms with Crippen LogP contribution in [0.4, 0.5) is 0 Å². The molecule has 5 nitrogen and oxygen atoms in total. The highest BCUT2D eigenvalue weighted by Crippen LogP contribution is 2.40. The van der Waals surface area contributed by atoms with Crippen molar-refractivity contribution >= 4 is 16.8 Å². The SMILES string of the molecule is CCc1cccc2c(C(CC(=O)NCc3ccccc3)c3ccc(OC)cc3OC)c[nH]c12. The van der Waals surface area contributed by atoms with Gasteiger partial charge in [-0.2, -0.15) is 0 Å². The van der Waals surface area contributed by atoms with Gasteiger partial charge < -0.3 is 19.8 Å². The fourth-order valence-corrected chi connectivity index (χ4v) is 4.37. The molecular weight excluding hydrogens is 412 g/mol. The molecule has 0 spiro atoms. The largest absolute Gasteiger partial charge is 0.497 e. The van der Waals surface area contributed by atoms with E-state index < -0.39 is 0 Å². The molecule has 0 bridgehead atoms. The van der Waals surface area contributed by atoms with Crippen LogP contribution in [0.15, 0.2) is 72.9 Å². The van der Waals surface area contributed by atoms with E-state index in [1.54, 1.807) is 14.2 Å². The van der Waals surface area contributed by atoms with E-state index >= 15 is 0 Å². The van der Waals surface area contributed by atoms with Crippen LogP contribution in [0.2, 0.25) is 0 Å². The third kappa shape index (κ3) is 4.87. The molecule has 2 N–H and O–H groups in total. The number of aromatic amines is 1. The first-order valence-electron chi connectivity index (χ1n) is 11.3. The molecular formula is C28H30N2O3. The number of carbonyl (C=O) groups is 1. The molecule has 0 saturated heterocycles. The van der Waals surface area contributed by atoms with Crippen LogP contribution in [0.25, 0.3) is 10.9 Å². The molecule has 170 valence electrons. The quantitative estimate of drug-likeness (QED) is 0.355. The Bertz CT molecular complexity index is 1230. The van der Waals surface area contributed by atoms with Crippen LogP contribution in [0.3, 0.4) is 0 Å². The minimum atomic E-state index is -0.178. The first-order valence-corrected chi connectivity index (χ1v) is 11.3. The van der Waals surface area contributed by atoms with Gasteiger partial charge in [-0.3, -0.25) is 4.79 Å². The monoisotopic (exact) mass is 442 g/mol. The Morgan fingerprint density at radius 3 is 2.52 bits per heavy atom. The van der Waals surface area contributed by atoms with Crippen LogP contribution >= 0.6 is 0 Å². The Balaban J connectivity index is 1.71. The van der Waals surface area contributed by atoms with E-state index in [0.717, 1.165) is 39.8 Å². The van der Waals surface area contributed by atoms with Gasteiger partial charge in [0.1, 0.15) is 11.5 Å². The number of methoxy groups -OCH3 is 2. The van der Waals surface area contributed by atoms with Gasteiger partial charge in [-0.15, -0.1) is 0 Å². The fourth-order valence-electron chi connectivity index (χ4n) is 4.37. The molecule has 1 heterocycles. The molecule has 4 rings (SSSR count). The van der Waals surface area contributed by atoms with Crippen LogP contribution in [-0.4, -0.2) is 25.1 Å². The van der Waals surface area contributed by atoms with Crippen LogP contribution in [0, 0.1) is 0 Å². The summed E-state index contributed by atoms with van der Waals surface area (Å²) in [7, 11) is 3.28. The van der Waals surface area contributed by atoms with Crippen molar-refractivity contribution in [3.63, 3.8) is 0 Å². The third-order valence-electron chi connectivity index (χ3n) is 6.13. The van der Waals surface area contributed by atoms with Crippen LogP contribution in [0.1, 0.15) is 41.5 Å². The molecule has 3 aromatic carbocycles. The van der Waals surface area contributed by atoms with Gasteiger partial charge in [0.15, 0.2) is 0 Å². The Morgan fingerprint density at radius 1 is 0.970 bits per heavy atom. The van der Waals surface area contributed by atoms with Crippen LogP contribution < -0.4 is 14.8 Å². The summed E-state index contributed by atoms with van der Waals surface area (Å²) in [4.78, 5) is 16.5. The molecule has 1 atom stereocenters. The number of benzene rings is 3. The van der Waals surface area contributed by atoms with E-state index in [2.05, 4.69) is 35.4 Å². The third-order valence-corrected chi connectivity index (χ3v) is 6.13. The van der Waals surface area contributed by atoms with E-state index in [4.69, 9.17) is 9.47 Å². The molecule has 0 aliphatic heterocycles. The molecule has 1 amide bonds. The van der Waals surface area contributed by atoms with Crippen LogP contribution in [0.5, 0.6) is 11.5 Å². The van der Waals surface area contributed by atoms with Gasteiger partial charge in [0, 0.05) is 47.6 Å². The predicted molar refractivity (Wildman–Crippen MR) is 132 cm³/mol. The van der Waals surface area contributed by atoms with E-state index in [1.165, 1.54) is 5.56 Å². The van der Waals surface area contributed by atoms with Crippen molar-refractivity contribution in [2.24, 2.45) is 0 Å². The maximum Gasteiger partial charge on any atom is 0.221 e. The van der Waals surface area contributed by atoms with Gasteiger partial charge in [0.05, 0.1) is 14.2 Å². The Morgan fingerprint density at radius 2 is 1.79 bits per heavy atom. The zero-order chi connectivity index (χ0) is 23.2. The molecule has 0 aliphatic rings. The number of aryl methyl sites for hydroxylation is 1. The fraction of sp³-hybridized carbons (Fsp3) is 0.250. The number of amides is 1. The summed E-state index contributed by atoms with van der Waals surface area (Å²) in [5.41, 5.74) is 5.49. The van der Waals surface area contributed by atoms with Crippen molar-refractivity contribution in [1.29, 1.82) is 0 Å². The number of para-hydroxylation sites is 1. The summed E-state index contributed by atoms with van der Waals surface area (Å²) < 4.78 is 11.1. The van der Waals surface area contributed by atoms with Crippen molar-refractivity contribution in [2.45, 2.75) is 32.2 Å². The summed E-state index contributed by atoms with van der Waals surface area (Å²) in [5, 5.41) is 4.21. The van der Waals surface area contributed by atoms with E-state index in [0.29, 0.717) is 18.7 Å². The van der Waals surface area contributed by atoms with Crippen molar-refractivity contribution in [3.8, 4) is 11.5 Å². The lowest BCUT2D eigenvalue weighted by atomic mass is 9.87. The Hall–Kier alpha value is -3.73. The normalized spacial score (nSPS) is 11.8. The molecule has 0 saturated carbocycles. The Kier molecular flexibility index (Phi) is 6.98. The second-order valence-corrected chi connectivity index (χ2v) is 8.06. The number of aromatic nitrogens is 1. The zero-order valence-electron chi connectivity index (χ0n) is 19.4. The highest BCUT2D eigenvalue weighted by molar-refractivity contribution is 5.88. The average Bonchev–Trinajstić information content (AvgIpc) is 3.30. The number of fused-ring (bicyclic) bond motifs is 1. The Labute approximate surface area is 194 Å². The summed E-state index contributed by atoms with van der Waals surface area (Å²) in [6.07, 6.45) is 3.27. The maximum absolute atomic E-state index is 13.1. The van der Waals surface area contributed by atoms with Crippen molar-refractivity contribution in [1.82, 2.24) is 10.3 Å². The number of hydrogen-bond acceptors (Lipinski definition) is 3. The summed E-state index contributed by atoms with van der Waals surface area (Å²) >= 11 is 0. The van der Waals surface area contributed by atoms with Gasteiger partial charge in [-0.25, -0.2) is 0 Å². The minimum absolute atomic E-state index is 0.0114. The highest BCUT2D eigenvalue weighted by Gasteiger charge is 2.25. The topological polar surface area (TPSA) is 63.4 Å². The molecule has 5 heteroatoms. The molecule has 1 unspecified atom stereocenters. The molecule has 1 aromatic heterocycles. The molecule has 0 aliphatic carbocycles. The number of carbonyl (C=O) groups excluding carboxylic acids is 1. The minimum Gasteiger partial charge on any atom is -0.497 e. The van der Waals surface area contributed by atoms with Gasteiger partial charge in [0.2, 0.25) is 5.91 Å². The average molecular weight is 443 g/mol. The zero-order valence-corrected chi connectivity index (χ0v) is 19.4. The predicted octanol–water partition coefficient (Wildman–Crippen LogP) is 5.59.